The fraction of sp³-hybridized carbons (Fsp3) is 0.125. The summed E-state index contributed by atoms with van der Waals surface area (Å²) in [6.07, 6.45) is 5.52. The van der Waals surface area contributed by atoms with Crippen LogP contribution in [0.25, 0.3) is 10.9 Å². The highest BCUT2D eigenvalue weighted by Crippen LogP contribution is 2.15. The molecule has 0 saturated carbocycles. The molecule has 0 aliphatic heterocycles. The van der Waals surface area contributed by atoms with E-state index in [9.17, 15) is 0 Å². The highest BCUT2D eigenvalue weighted by Gasteiger charge is 1.98. The first-order chi connectivity index (χ1) is 9.31. The molecule has 3 aromatic rings. The molecule has 3 rings (SSSR count). The lowest BCUT2D eigenvalue weighted by molar-refractivity contribution is 1.13. The van der Waals surface area contributed by atoms with Gasteiger partial charge in [-0.25, -0.2) is 0 Å². The molecule has 0 unspecified atom stereocenters. The molecule has 0 aliphatic rings. The minimum absolute atomic E-state index is 0.788. The van der Waals surface area contributed by atoms with Crippen molar-refractivity contribution in [3.63, 3.8) is 0 Å². The summed E-state index contributed by atoms with van der Waals surface area (Å²) in [5.74, 6) is 0. The number of nitrogens with one attached hydrogen (secondary N) is 1. The van der Waals surface area contributed by atoms with Crippen molar-refractivity contribution in [1.82, 2.24) is 9.97 Å². The maximum Gasteiger partial charge on any atom is 0.0702 e. The van der Waals surface area contributed by atoms with E-state index < -0.39 is 0 Å². The normalized spacial score (nSPS) is 10.6. The van der Waals surface area contributed by atoms with Gasteiger partial charge in [0.2, 0.25) is 0 Å². The van der Waals surface area contributed by atoms with Crippen LogP contribution in [0.3, 0.4) is 0 Å². The molecule has 2 heterocycles. The second-order valence-electron chi connectivity index (χ2n) is 4.63. The van der Waals surface area contributed by atoms with Crippen LogP contribution in [-0.2, 0) is 6.54 Å². The Morgan fingerprint density at radius 3 is 2.95 bits per heavy atom. The maximum atomic E-state index is 4.32. The van der Waals surface area contributed by atoms with Crippen LogP contribution in [0.1, 0.15) is 11.1 Å². The fourth-order valence-corrected chi connectivity index (χ4v) is 2.09. The number of fused-ring (bicyclic) bond motifs is 1. The zero-order valence-electron chi connectivity index (χ0n) is 10.8. The Kier molecular flexibility index (Phi) is 3.11. The number of hydrogen-bond donors (Lipinski definition) is 1. The van der Waals surface area contributed by atoms with E-state index in [4.69, 9.17) is 0 Å². The van der Waals surface area contributed by atoms with E-state index >= 15 is 0 Å². The highest BCUT2D eigenvalue weighted by atomic mass is 14.9. The van der Waals surface area contributed by atoms with Crippen LogP contribution in [0, 0.1) is 6.92 Å². The Balaban J connectivity index is 1.78. The number of aryl methyl sites for hydroxylation is 1. The lowest BCUT2D eigenvalue weighted by Gasteiger charge is -2.07. The Labute approximate surface area is 112 Å². The van der Waals surface area contributed by atoms with Gasteiger partial charge in [-0.1, -0.05) is 12.1 Å². The average Bonchev–Trinajstić information content (AvgIpc) is 2.45. The molecule has 0 amide bonds. The van der Waals surface area contributed by atoms with Crippen molar-refractivity contribution in [1.29, 1.82) is 0 Å². The summed E-state index contributed by atoms with van der Waals surface area (Å²) in [7, 11) is 0. The van der Waals surface area contributed by atoms with Crippen molar-refractivity contribution >= 4 is 16.6 Å². The molecule has 3 heteroatoms. The van der Waals surface area contributed by atoms with E-state index in [0.29, 0.717) is 0 Å². The van der Waals surface area contributed by atoms with Gasteiger partial charge in [-0.3, -0.25) is 9.97 Å². The first-order valence-electron chi connectivity index (χ1n) is 6.30. The molecule has 0 aliphatic carbocycles. The first-order valence-corrected chi connectivity index (χ1v) is 6.30. The molecule has 1 N–H and O–H groups in total. The Morgan fingerprint density at radius 2 is 2.05 bits per heavy atom. The third-order valence-electron chi connectivity index (χ3n) is 3.04. The highest BCUT2D eigenvalue weighted by molar-refractivity contribution is 5.78. The van der Waals surface area contributed by atoms with Gasteiger partial charge in [-0.2, -0.15) is 0 Å². The molecule has 0 spiro atoms. The standard InChI is InChI=1S/C16H15N3/c1-12-7-15(11-17-9-12)19-10-13-4-5-16-14(8-13)3-2-6-18-16/h2-9,11,19H,10H2,1H3. The summed E-state index contributed by atoms with van der Waals surface area (Å²) >= 11 is 0. The average molecular weight is 249 g/mol. The van der Waals surface area contributed by atoms with Crippen molar-refractivity contribution in [2.24, 2.45) is 0 Å². The maximum absolute atomic E-state index is 4.32. The lowest BCUT2D eigenvalue weighted by Crippen LogP contribution is -2.00. The van der Waals surface area contributed by atoms with E-state index in [1.54, 1.807) is 0 Å². The molecule has 1 aromatic carbocycles. The second-order valence-corrected chi connectivity index (χ2v) is 4.63. The van der Waals surface area contributed by atoms with Gasteiger partial charge in [0.15, 0.2) is 0 Å². The van der Waals surface area contributed by atoms with Crippen molar-refractivity contribution < 1.29 is 0 Å². The van der Waals surface area contributed by atoms with Crippen LogP contribution in [0.15, 0.2) is 55.0 Å². The summed E-state index contributed by atoms with van der Waals surface area (Å²) in [5.41, 5.74) is 4.48. The van der Waals surface area contributed by atoms with E-state index in [1.807, 2.05) is 31.6 Å². The van der Waals surface area contributed by atoms with E-state index in [-0.39, 0.29) is 0 Å². The minimum Gasteiger partial charge on any atom is -0.380 e. The van der Waals surface area contributed by atoms with Crippen LogP contribution in [-0.4, -0.2) is 9.97 Å². The second kappa shape index (κ2) is 5.06. The lowest BCUT2D eigenvalue weighted by atomic mass is 10.1. The largest absolute Gasteiger partial charge is 0.380 e. The fourth-order valence-electron chi connectivity index (χ4n) is 2.09. The van der Waals surface area contributed by atoms with E-state index in [0.717, 1.165) is 23.3 Å². The quantitative estimate of drug-likeness (QED) is 0.771. The summed E-state index contributed by atoms with van der Waals surface area (Å²) in [5, 5.41) is 4.55. The van der Waals surface area contributed by atoms with Gasteiger partial charge in [0, 0.05) is 30.5 Å². The van der Waals surface area contributed by atoms with Gasteiger partial charge < -0.3 is 5.32 Å². The van der Waals surface area contributed by atoms with Gasteiger partial charge in [0.25, 0.3) is 0 Å². The van der Waals surface area contributed by atoms with Crippen molar-refractivity contribution in [3.05, 3.63) is 66.1 Å². The van der Waals surface area contributed by atoms with Crippen molar-refractivity contribution in [2.75, 3.05) is 5.32 Å². The molecule has 0 atom stereocenters. The topological polar surface area (TPSA) is 37.8 Å². The monoisotopic (exact) mass is 249 g/mol. The predicted octanol–water partition coefficient (Wildman–Crippen LogP) is 3.55. The SMILES string of the molecule is Cc1cncc(NCc2ccc3ncccc3c2)c1. The number of hydrogen-bond acceptors (Lipinski definition) is 3. The number of rotatable bonds is 3. The number of aromatic nitrogens is 2. The Morgan fingerprint density at radius 1 is 1.11 bits per heavy atom. The molecular formula is C16H15N3. The smallest absolute Gasteiger partial charge is 0.0702 e. The number of anilines is 1. The van der Waals surface area contributed by atoms with Crippen molar-refractivity contribution in [2.45, 2.75) is 13.5 Å². The van der Waals surface area contributed by atoms with Gasteiger partial charge in [-0.05, 0) is 42.3 Å². The van der Waals surface area contributed by atoms with E-state index in [2.05, 4.69) is 45.6 Å². The molecule has 3 nitrogen and oxygen atoms in total. The van der Waals surface area contributed by atoms with Crippen molar-refractivity contribution in [3.8, 4) is 0 Å². The molecule has 0 saturated heterocycles. The van der Waals surface area contributed by atoms with Gasteiger partial charge >= 0.3 is 0 Å². The summed E-state index contributed by atoms with van der Waals surface area (Å²) in [4.78, 5) is 8.50. The van der Waals surface area contributed by atoms with Crippen LogP contribution in [0.4, 0.5) is 5.69 Å². The Hall–Kier alpha value is -2.42. The number of benzene rings is 1. The van der Waals surface area contributed by atoms with Crippen LogP contribution < -0.4 is 5.32 Å². The van der Waals surface area contributed by atoms with Gasteiger partial charge in [0.05, 0.1) is 11.2 Å². The van der Waals surface area contributed by atoms with Gasteiger partial charge in [-0.15, -0.1) is 0 Å². The molecule has 0 bridgehead atoms. The number of nitrogens with zero attached hydrogens (tertiary/aromatic N) is 2. The van der Waals surface area contributed by atoms with E-state index in [1.165, 1.54) is 10.9 Å². The van der Waals surface area contributed by atoms with Gasteiger partial charge in [0.1, 0.15) is 0 Å². The van der Waals surface area contributed by atoms with Crippen LogP contribution in [0.5, 0.6) is 0 Å². The molecule has 0 radical (unpaired) electrons. The van der Waals surface area contributed by atoms with Crippen LogP contribution >= 0.6 is 0 Å². The molecule has 19 heavy (non-hydrogen) atoms. The molecular weight excluding hydrogens is 234 g/mol. The molecule has 94 valence electrons. The third kappa shape index (κ3) is 2.71. The van der Waals surface area contributed by atoms with Crippen LogP contribution in [0.2, 0.25) is 0 Å². The zero-order chi connectivity index (χ0) is 13.1. The Bertz CT molecular complexity index is 707. The first kappa shape index (κ1) is 11.7. The summed E-state index contributed by atoms with van der Waals surface area (Å²) in [6, 6.07) is 12.5. The predicted molar refractivity (Wildman–Crippen MR) is 78.0 cm³/mol. The molecule has 2 aromatic heterocycles. The molecule has 0 fully saturated rings. The third-order valence-corrected chi connectivity index (χ3v) is 3.04. The summed E-state index contributed by atoms with van der Waals surface area (Å²) in [6.45, 7) is 2.83. The zero-order valence-corrected chi connectivity index (χ0v) is 10.8. The minimum atomic E-state index is 0.788. The number of pyridine rings is 2. The summed E-state index contributed by atoms with van der Waals surface area (Å²) < 4.78 is 0.